The molecule has 2 rings (SSSR count). The number of hydrogen-bond acceptors (Lipinski definition) is 4. The van der Waals surface area contributed by atoms with E-state index in [1.165, 1.54) is 0 Å². The lowest BCUT2D eigenvalue weighted by atomic mass is 10.3. The highest BCUT2D eigenvalue weighted by atomic mass is 19.4. The van der Waals surface area contributed by atoms with Crippen LogP contribution >= 0.6 is 0 Å². The van der Waals surface area contributed by atoms with E-state index in [1.807, 2.05) is 0 Å². The fraction of sp³-hybridized carbons (Fsp3) is 0.556. The molecule has 1 aromatic heterocycles. The minimum atomic E-state index is -4.64. The molecule has 94 valence electrons. The van der Waals surface area contributed by atoms with Gasteiger partial charge >= 0.3 is 6.18 Å². The van der Waals surface area contributed by atoms with Crippen molar-refractivity contribution in [3.05, 3.63) is 22.2 Å². The van der Waals surface area contributed by atoms with Gasteiger partial charge in [-0.15, -0.1) is 0 Å². The van der Waals surface area contributed by atoms with E-state index < -0.39 is 17.6 Å². The lowest BCUT2D eigenvalue weighted by Gasteiger charge is -2.28. The van der Waals surface area contributed by atoms with Crippen LogP contribution in [0.2, 0.25) is 0 Å². The van der Waals surface area contributed by atoms with Gasteiger partial charge < -0.3 is 15.2 Å². The van der Waals surface area contributed by atoms with E-state index in [0.29, 0.717) is 26.2 Å². The number of nitrogens with zero attached hydrogens (tertiary/aromatic N) is 2. The Morgan fingerprint density at radius 2 is 1.94 bits per heavy atom. The molecule has 2 N–H and O–H groups in total. The molecule has 0 radical (unpaired) electrons. The number of H-pyrrole nitrogens is 1. The first-order valence-electron chi connectivity index (χ1n) is 5.11. The molecule has 17 heavy (non-hydrogen) atoms. The van der Waals surface area contributed by atoms with Crippen LogP contribution in [-0.4, -0.2) is 36.1 Å². The summed E-state index contributed by atoms with van der Waals surface area (Å²) in [5.41, 5.74) is -0.791. The van der Waals surface area contributed by atoms with E-state index in [9.17, 15) is 18.0 Å². The molecule has 0 spiro atoms. The maximum absolute atomic E-state index is 12.5. The van der Waals surface area contributed by atoms with E-state index >= 15 is 0 Å². The highest BCUT2D eigenvalue weighted by molar-refractivity contribution is 5.38. The van der Waals surface area contributed by atoms with Crippen LogP contribution in [0.5, 0.6) is 0 Å². The molecule has 2 heterocycles. The number of aromatic amines is 1. The molecule has 1 aromatic rings. The number of anilines is 1. The normalized spacial score (nSPS) is 17.2. The van der Waals surface area contributed by atoms with Gasteiger partial charge in [-0.05, 0) is 0 Å². The number of aromatic nitrogens is 2. The molecule has 0 unspecified atom stereocenters. The van der Waals surface area contributed by atoms with E-state index in [2.05, 4.69) is 10.3 Å². The van der Waals surface area contributed by atoms with Gasteiger partial charge in [-0.2, -0.15) is 13.2 Å². The van der Waals surface area contributed by atoms with Gasteiger partial charge in [-0.1, -0.05) is 0 Å². The summed E-state index contributed by atoms with van der Waals surface area (Å²) in [4.78, 5) is 18.0. The molecule has 5 nitrogen and oxygen atoms in total. The first-order chi connectivity index (χ1) is 7.97. The summed E-state index contributed by atoms with van der Waals surface area (Å²) in [6, 6.07) is 1.08. The third-order valence-electron chi connectivity index (χ3n) is 2.44. The summed E-state index contributed by atoms with van der Waals surface area (Å²) in [6.45, 7) is 2.40. The van der Waals surface area contributed by atoms with E-state index in [0.717, 1.165) is 6.07 Å². The third-order valence-corrected chi connectivity index (χ3v) is 2.44. The monoisotopic (exact) mass is 248 g/mol. The number of alkyl halides is 3. The van der Waals surface area contributed by atoms with Gasteiger partial charge in [-0.25, -0.2) is 4.98 Å². The summed E-state index contributed by atoms with van der Waals surface area (Å²) in [5, 5.41) is 3.07. The maximum Gasteiger partial charge on any atom is 0.449 e. The molecule has 1 aliphatic rings. The van der Waals surface area contributed by atoms with Crippen molar-refractivity contribution < 1.29 is 13.2 Å². The molecule has 0 amide bonds. The standard InChI is InChI=1S/C9H11F3N4O/c10-9(11,12)8-14-6(5-7(17)15-8)16-3-1-13-2-4-16/h5,13H,1-4H2,(H,14,15,17). The van der Waals surface area contributed by atoms with Crippen molar-refractivity contribution in [1.82, 2.24) is 15.3 Å². The van der Waals surface area contributed by atoms with Crippen LogP contribution in [-0.2, 0) is 6.18 Å². The minimum absolute atomic E-state index is 0.0718. The second kappa shape index (κ2) is 4.36. The lowest BCUT2D eigenvalue weighted by molar-refractivity contribution is -0.145. The molecule has 0 bridgehead atoms. The Kier molecular flexibility index (Phi) is 3.05. The number of nitrogens with one attached hydrogen (secondary N) is 2. The van der Waals surface area contributed by atoms with Crippen LogP contribution in [0, 0.1) is 0 Å². The largest absolute Gasteiger partial charge is 0.449 e. The number of rotatable bonds is 1. The fourth-order valence-corrected chi connectivity index (χ4v) is 1.63. The summed E-state index contributed by atoms with van der Waals surface area (Å²) < 4.78 is 37.4. The highest BCUT2D eigenvalue weighted by Crippen LogP contribution is 2.26. The zero-order chi connectivity index (χ0) is 12.5. The number of hydrogen-bond donors (Lipinski definition) is 2. The number of halogens is 3. The lowest BCUT2D eigenvalue weighted by Crippen LogP contribution is -2.44. The Balaban J connectivity index is 2.34. The van der Waals surface area contributed by atoms with Crippen LogP contribution in [0.3, 0.4) is 0 Å². The quantitative estimate of drug-likeness (QED) is 0.745. The summed E-state index contributed by atoms with van der Waals surface area (Å²) in [6.07, 6.45) is -4.64. The van der Waals surface area contributed by atoms with Crippen molar-refractivity contribution in [2.45, 2.75) is 6.18 Å². The highest BCUT2D eigenvalue weighted by Gasteiger charge is 2.34. The summed E-state index contributed by atoms with van der Waals surface area (Å²) in [5.74, 6) is -1.18. The molecule has 0 aliphatic carbocycles. The van der Waals surface area contributed by atoms with Crippen LogP contribution in [0.1, 0.15) is 5.82 Å². The predicted molar refractivity (Wildman–Crippen MR) is 54.9 cm³/mol. The van der Waals surface area contributed by atoms with Crippen LogP contribution < -0.4 is 15.8 Å². The minimum Gasteiger partial charge on any atom is -0.354 e. The number of piperazine rings is 1. The zero-order valence-corrected chi connectivity index (χ0v) is 8.84. The Morgan fingerprint density at radius 3 is 2.53 bits per heavy atom. The van der Waals surface area contributed by atoms with Gasteiger partial charge in [0.1, 0.15) is 5.82 Å². The topological polar surface area (TPSA) is 61.0 Å². The zero-order valence-electron chi connectivity index (χ0n) is 8.84. The average Bonchev–Trinajstić information content (AvgIpc) is 2.28. The second-order valence-corrected chi connectivity index (χ2v) is 3.69. The Morgan fingerprint density at radius 1 is 1.29 bits per heavy atom. The van der Waals surface area contributed by atoms with E-state index in [-0.39, 0.29) is 5.82 Å². The van der Waals surface area contributed by atoms with Crippen molar-refractivity contribution in [3.8, 4) is 0 Å². The van der Waals surface area contributed by atoms with Gasteiger partial charge in [0.15, 0.2) is 0 Å². The smallest absolute Gasteiger partial charge is 0.354 e. The van der Waals surface area contributed by atoms with Crippen molar-refractivity contribution in [2.24, 2.45) is 0 Å². The summed E-state index contributed by atoms with van der Waals surface area (Å²) >= 11 is 0. The van der Waals surface area contributed by atoms with Gasteiger partial charge in [-0.3, -0.25) is 4.79 Å². The molecular formula is C9H11F3N4O. The Hall–Kier alpha value is -1.57. The van der Waals surface area contributed by atoms with Gasteiger partial charge in [0.25, 0.3) is 5.56 Å². The van der Waals surface area contributed by atoms with Gasteiger partial charge in [0.2, 0.25) is 5.82 Å². The first kappa shape index (κ1) is 11.9. The first-order valence-corrected chi connectivity index (χ1v) is 5.11. The van der Waals surface area contributed by atoms with Crippen LogP contribution in [0.4, 0.5) is 19.0 Å². The molecule has 8 heteroatoms. The molecule has 1 fully saturated rings. The molecular weight excluding hydrogens is 237 g/mol. The Labute approximate surface area is 94.7 Å². The molecule has 1 saturated heterocycles. The molecule has 0 saturated carbocycles. The summed E-state index contributed by atoms with van der Waals surface area (Å²) in [7, 11) is 0. The van der Waals surface area contributed by atoms with E-state index in [1.54, 1.807) is 9.88 Å². The molecule has 0 aromatic carbocycles. The van der Waals surface area contributed by atoms with Gasteiger partial charge in [0.05, 0.1) is 0 Å². The van der Waals surface area contributed by atoms with Gasteiger partial charge in [0, 0.05) is 32.2 Å². The fourth-order valence-electron chi connectivity index (χ4n) is 1.63. The predicted octanol–water partition coefficient (Wildman–Crippen LogP) is 0.198. The van der Waals surface area contributed by atoms with Crippen molar-refractivity contribution in [1.29, 1.82) is 0 Å². The maximum atomic E-state index is 12.5. The van der Waals surface area contributed by atoms with Crippen molar-refractivity contribution in [3.63, 3.8) is 0 Å². The van der Waals surface area contributed by atoms with Crippen molar-refractivity contribution >= 4 is 5.82 Å². The Bertz CT molecular complexity index is 450. The molecule has 0 atom stereocenters. The van der Waals surface area contributed by atoms with Crippen molar-refractivity contribution in [2.75, 3.05) is 31.1 Å². The van der Waals surface area contributed by atoms with E-state index in [4.69, 9.17) is 0 Å². The van der Waals surface area contributed by atoms with Crippen LogP contribution in [0.25, 0.3) is 0 Å². The average molecular weight is 248 g/mol. The third kappa shape index (κ3) is 2.76. The second-order valence-electron chi connectivity index (χ2n) is 3.69. The molecule has 1 aliphatic heterocycles. The van der Waals surface area contributed by atoms with Crippen LogP contribution in [0.15, 0.2) is 10.9 Å². The SMILES string of the molecule is O=c1cc(N2CCNCC2)nc(C(F)(F)F)[nH]1.